The van der Waals surface area contributed by atoms with Crippen LogP contribution in [0.3, 0.4) is 0 Å². The Hall–Kier alpha value is -5.68. The summed E-state index contributed by atoms with van der Waals surface area (Å²) in [5.41, 5.74) is 2.80. The summed E-state index contributed by atoms with van der Waals surface area (Å²) in [5.74, 6) is 1.26. The van der Waals surface area contributed by atoms with E-state index < -0.39 is 31.2 Å². The monoisotopic (exact) mass is 894 g/mol. The molecule has 0 aliphatic carbocycles. The van der Waals surface area contributed by atoms with Crippen molar-refractivity contribution in [3.8, 4) is 23.4 Å². The van der Waals surface area contributed by atoms with Crippen LogP contribution in [0.4, 0.5) is 0 Å². The summed E-state index contributed by atoms with van der Waals surface area (Å²) in [6.45, 7) is 9.89. The Morgan fingerprint density at radius 1 is 0.825 bits per heavy atom. The van der Waals surface area contributed by atoms with Crippen molar-refractivity contribution in [3.05, 3.63) is 165 Å². The third-order valence-electron chi connectivity index (χ3n) is 9.94. The Morgan fingerprint density at radius 2 is 1.37 bits per heavy atom. The molecule has 63 heavy (non-hydrogen) atoms. The highest BCUT2D eigenvalue weighted by molar-refractivity contribution is 8.00. The van der Waals surface area contributed by atoms with Gasteiger partial charge >= 0.3 is 20.2 Å². The highest BCUT2D eigenvalue weighted by Crippen LogP contribution is 2.53. The second-order valence-electron chi connectivity index (χ2n) is 14.7. The first-order valence-electron chi connectivity index (χ1n) is 20.3. The van der Waals surface area contributed by atoms with E-state index in [9.17, 15) is 14.9 Å². The Morgan fingerprint density at radius 3 is 1.86 bits per heavy atom. The summed E-state index contributed by atoms with van der Waals surface area (Å²) in [7, 11) is 4.31. The van der Waals surface area contributed by atoms with Crippen molar-refractivity contribution in [1.82, 2.24) is 14.2 Å². The molecule has 0 radical (unpaired) electrons. The molecule has 0 N–H and O–H groups in total. The van der Waals surface area contributed by atoms with Gasteiger partial charge in [0, 0.05) is 31.0 Å². The number of ether oxygens (including phenoxy) is 5. The molecule has 0 saturated heterocycles. The highest BCUT2D eigenvalue weighted by atomic mass is 32.2. The van der Waals surface area contributed by atoms with Gasteiger partial charge in [-0.2, -0.15) is 10.2 Å². The van der Waals surface area contributed by atoms with Crippen molar-refractivity contribution in [2.75, 3.05) is 40.8 Å². The fraction of sp³-hybridized carbons (Fsp3) is 0.333. The molecule has 1 unspecified atom stereocenters. The zero-order valence-electron chi connectivity index (χ0n) is 37.1. The smallest absolute Gasteiger partial charge is 0.353 e. The van der Waals surface area contributed by atoms with Crippen molar-refractivity contribution < 1.29 is 37.5 Å². The van der Waals surface area contributed by atoms with Gasteiger partial charge in [-0.15, -0.1) is 11.8 Å². The van der Waals surface area contributed by atoms with Crippen LogP contribution in [0.5, 0.6) is 17.4 Å². The molecule has 0 amide bonds. The molecule has 5 rings (SSSR count). The number of aryl methyl sites for hydroxylation is 1. The number of carbonyl (C=O) groups excluding carboxylic acids is 1. The topological polar surface area (TPSA) is 144 Å². The second-order valence-corrected chi connectivity index (χ2v) is 17.3. The van der Waals surface area contributed by atoms with Gasteiger partial charge in [0.25, 0.3) is 0 Å². The van der Waals surface area contributed by atoms with Gasteiger partial charge in [0.1, 0.15) is 17.3 Å². The number of hydrogen-bond acceptors (Lipinski definition) is 13. The predicted molar refractivity (Wildman–Crippen MR) is 246 cm³/mol. The molecule has 0 aliphatic rings. The molecule has 0 fully saturated rings. The van der Waals surface area contributed by atoms with E-state index in [0.29, 0.717) is 28.4 Å². The van der Waals surface area contributed by atoms with Gasteiger partial charge in [-0.3, -0.25) is 4.57 Å². The van der Waals surface area contributed by atoms with Gasteiger partial charge in [-0.25, -0.2) is 14.3 Å². The molecule has 1 aromatic heterocycles. The van der Waals surface area contributed by atoms with E-state index in [1.165, 1.54) is 25.0 Å². The molecule has 0 bridgehead atoms. The maximum absolute atomic E-state index is 14.1. The minimum absolute atomic E-state index is 0.0538. The Bertz CT molecular complexity index is 2320. The SMILES string of the molecule is CO/C(CSC(c1ccccc1)(c1ccc(OC)cc1)c1ccc(OC)cc1)=C(\OP(OCCC#N)N(C(C)C)C(C)C)[C@H](OC)n1cc(C)c(OC(=O)c2ccccc2)nc1=O. The quantitative estimate of drug-likeness (QED) is 0.0214. The van der Waals surface area contributed by atoms with E-state index in [1.54, 1.807) is 63.2 Å². The first-order valence-corrected chi connectivity index (χ1v) is 22.4. The molecule has 332 valence electrons. The molecule has 5 aromatic rings. The van der Waals surface area contributed by atoms with Gasteiger partial charge in [0.05, 0.1) is 56.5 Å². The Balaban J connectivity index is 1.72. The summed E-state index contributed by atoms with van der Waals surface area (Å²) in [6, 6.07) is 36.5. The summed E-state index contributed by atoms with van der Waals surface area (Å²) < 4.78 is 45.1. The van der Waals surface area contributed by atoms with Crippen molar-refractivity contribution in [2.24, 2.45) is 0 Å². The normalized spacial score (nSPS) is 12.9. The molecule has 15 heteroatoms. The molecule has 0 aliphatic heterocycles. The van der Waals surface area contributed by atoms with Crippen LogP contribution in [0.1, 0.15) is 73.0 Å². The van der Waals surface area contributed by atoms with Gasteiger partial charge in [0.2, 0.25) is 5.88 Å². The van der Waals surface area contributed by atoms with Crippen LogP contribution in [-0.4, -0.2) is 73.1 Å². The van der Waals surface area contributed by atoms with E-state index in [0.717, 1.165) is 16.7 Å². The minimum atomic E-state index is -1.94. The van der Waals surface area contributed by atoms with E-state index in [-0.39, 0.29) is 42.5 Å². The van der Waals surface area contributed by atoms with Crippen LogP contribution in [0, 0.1) is 18.3 Å². The van der Waals surface area contributed by atoms with Crippen LogP contribution >= 0.6 is 20.3 Å². The van der Waals surface area contributed by atoms with Crippen LogP contribution < -0.4 is 19.9 Å². The number of nitrogens with zero attached hydrogens (tertiary/aromatic N) is 4. The summed E-state index contributed by atoms with van der Waals surface area (Å²) in [5, 5.41) is 9.48. The van der Waals surface area contributed by atoms with E-state index in [1.807, 2.05) is 94.4 Å². The van der Waals surface area contributed by atoms with Gasteiger partial charge in [-0.05, 0) is 87.7 Å². The van der Waals surface area contributed by atoms with Gasteiger partial charge in [-0.1, -0.05) is 72.8 Å². The lowest BCUT2D eigenvalue weighted by molar-refractivity contribution is 0.0284. The van der Waals surface area contributed by atoms with E-state index in [2.05, 4.69) is 27.9 Å². The zero-order valence-corrected chi connectivity index (χ0v) is 38.9. The van der Waals surface area contributed by atoms with Crippen molar-refractivity contribution in [3.63, 3.8) is 0 Å². The number of thioether (sulfide) groups is 1. The molecule has 4 aromatic carbocycles. The minimum Gasteiger partial charge on any atom is -0.497 e. The Kier molecular flexibility index (Phi) is 17.8. The zero-order chi connectivity index (χ0) is 45.5. The molecule has 13 nitrogen and oxygen atoms in total. The number of aromatic nitrogens is 2. The summed E-state index contributed by atoms with van der Waals surface area (Å²) in [6.07, 6.45) is 0.378. The largest absolute Gasteiger partial charge is 0.497 e. The summed E-state index contributed by atoms with van der Waals surface area (Å²) >= 11 is 1.57. The lowest BCUT2D eigenvalue weighted by atomic mass is 9.84. The fourth-order valence-electron chi connectivity index (χ4n) is 6.97. The number of methoxy groups -OCH3 is 4. The van der Waals surface area contributed by atoms with Crippen LogP contribution in [0.2, 0.25) is 0 Å². The second kappa shape index (κ2) is 23.1. The number of esters is 1. The molecular weight excluding hydrogens is 840 g/mol. The number of hydrogen-bond donors (Lipinski definition) is 0. The molecule has 0 spiro atoms. The number of nitriles is 1. The lowest BCUT2D eigenvalue weighted by Gasteiger charge is -2.38. The average Bonchev–Trinajstić information content (AvgIpc) is 3.30. The number of benzene rings is 4. The number of rotatable bonds is 22. The van der Waals surface area contributed by atoms with Crippen molar-refractivity contribution in [1.29, 1.82) is 5.26 Å². The standard InChI is InChI=1S/C48H55N4O9PS/c1-33(2)52(34(3)4)62(59-30-16-29-49)61-43(45(58-9)51-31-35(5)44(50-47(51)54)60-46(53)36-17-12-10-13-18-36)42(57-8)32-63-48(37-19-14-11-15-20-37,38-21-25-40(55-6)26-22-38)39-23-27-41(56-7)28-24-39/h10-15,17-28,31,33-34,45H,16,30,32H2,1-9H3/b43-42-/t45-,62?/m0/s1. The molecular formula is C48H55N4O9PS. The third-order valence-corrected chi connectivity index (χ3v) is 13.5. The maximum Gasteiger partial charge on any atom is 0.353 e. The number of carbonyl (C=O) groups is 1. The summed E-state index contributed by atoms with van der Waals surface area (Å²) in [4.78, 5) is 31.3. The lowest BCUT2D eigenvalue weighted by Crippen LogP contribution is -2.35. The van der Waals surface area contributed by atoms with Crippen LogP contribution in [-0.2, 0) is 23.3 Å². The van der Waals surface area contributed by atoms with Crippen LogP contribution in [0.15, 0.2) is 132 Å². The first-order chi connectivity index (χ1) is 30.4. The fourth-order valence-corrected chi connectivity index (χ4v) is 10.1. The first kappa shape index (κ1) is 48.4. The predicted octanol–water partition coefficient (Wildman–Crippen LogP) is 9.81. The van der Waals surface area contributed by atoms with Gasteiger partial charge in [0.15, 0.2) is 12.0 Å². The van der Waals surface area contributed by atoms with E-state index in [4.69, 9.17) is 32.7 Å². The molecule has 1 heterocycles. The maximum atomic E-state index is 14.1. The van der Waals surface area contributed by atoms with E-state index >= 15 is 0 Å². The molecule has 0 saturated carbocycles. The van der Waals surface area contributed by atoms with Crippen molar-refractivity contribution >= 4 is 26.3 Å². The average molecular weight is 895 g/mol. The Labute approximate surface area is 375 Å². The van der Waals surface area contributed by atoms with Crippen molar-refractivity contribution in [2.45, 2.75) is 64.1 Å². The molecule has 2 atom stereocenters. The van der Waals surface area contributed by atoms with Crippen LogP contribution in [0.25, 0.3) is 0 Å². The van der Waals surface area contributed by atoms with Gasteiger partial charge < -0.3 is 32.7 Å². The highest BCUT2D eigenvalue weighted by Gasteiger charge is 2.40. The third kappa shape index (κ3) is 11.7.